The first-order chi connectivity index (χ1) is 7.86. The van der Waals surface area contributed by atoms with Crippen molar-refractivity contribution in [1.82, 2.24) is 5.32 Å². The first kappa shape index (κ1) is 13.2. The van der Waals surface area contributed by atoms with Gasteiger partial charge < -0.3 is 10.1 Å². The van der Waals surface area contributed by atoms with Gasteiger partial charge in [-0.15, -0.1) is 0 Å². The molecule has 0 heterocycles. The van der Waals surface area contributed by atoms with Gasteiger partial charge in [0.15, 0.2) is 0 Å². The minimum atomic E-state index is 0.490. The summed E-state index contributed by atoms with van der Waals surface area (Å²) in [6, 6.07) is 11.1. The summed E-state index contributed by atoms with van der Waals surface area (Å²) >= 11 is 0. The summed E-state index contributed by atoms with van der Waals surface area (Å²) in [7, 11) is 2.01. The maximum absolute atomic E-state index is 5.43. The van der Waals surface area contributed by atoms with Gasteiger partial charge in [-0.2, -0.15) is 0 Å². The van der Waals surface area contributed by atoms with Crippen molar-refractivity contribution in [3.05, 3.63) is 35.9 Å². The molecule has 1 unspecified atom stereocenters. The van der Waals surface area contributed by atoms with Crippen LogP contribution in [0.25, 0.3) is 0 Å². The number of hydrogen-bond donors (Lipinski definition) is 1. The van der Waals surface area contributed by atoms with E-state index >= 15 is 0 Å². The Labute approximate surface area is 99.0 Å². The van der Waals surface area contributed by atoms with Crippen LogP contribution in [-0.2, 0) is 11.2 Å². The number of ether oxygens (including phenoxy) is 1. The molecule has 1 atom stereocenters. The van der Waals surface area contributed by atoms with Gasteiger partial charge in [-0.1, -0.05) is 30.3 Å². The van der Waals surface area contributed by atoms with E-state index in [0.29, 0.717) is 6.04 Å². The second-order valence-electron chi connectivity index (χ2n) is 4.02. The molecule has 2 nitrogen and oxygen atoms in total. The van der Waals surface area contributed by atoms with Gasteiger partial charge in [-0.25, -0.2) is 0 Å². The molecule has 2 heteroatoms. The number of rotatable bonds is 8. The monoisotopic (exact) mass is 221 g/mol. The van der Waals surface area contributed by atoms with Gasteiger partial charge in [0, 0.05) is 12.6 Å². The largest absolute Gasteiger partial charge is 0.380 e. The maximum atomic E-state index is 5.43. The van der Waals surface area contributed by atoms with Crippen LogP contribution >= 0.6 is 0 Å². The molecule has 0 saturated heterocycles. The Balaban J connectivity index is 2.18. The number of aryl methyl sites for hydroxylation is 1. The molecule has 90 valence electrons. The van der Waals surface area contributed by atoms with E-state index in [2.05, 4.69) is 35.6 Å². The minimum absolute atomic E-state index is 0.490. The van der Waals surface area contributed by atoms with Crippen LogP contribution in [0.4, 0.5) is 0 Å². The van der Waals surface area contributed by atoms with E-state index < -0.39 is 0 Å². The van der Waals surface area contributed by atoms with Crippen LogP contribution in [0, 0.1) is 0 Å². The molecule has 0 aromatic heterocycles. The Morgan fingerprint density at radius 2 is 2.00 bits per heavy atom. The van der Waals surface area contributed by atoms with E-state index in [1.54, 1.807) is 0 Å². The summed E-state index contributed by atoms with van der Waals surface area (Å²) in [5.74, 6) is 0. The van der Waals surface area contributed by atoms with Crippen molar-refractivity contribution < 1.29 is 4.74 Å². The zero-order valence-corrected chi connectivity index (χ0v) is 10.4. The van der Waals surface area contributed by atoms with E-state index in [4.69, 9.17) is 4.74 Å². The smallest absolute Gasteiger partial charge is 0.0619 e. The fraction of sp³-hybridized carbons (Fsp3) is 0.571. The molecule has 0 spiro atoms. The van der Waals surface area contributed by atoms with Crippen LogP contribution in [0.1, 0.15) is 25.3 Å². The standard InChI is InChI=1S/C14H23NO/c1-3-16-12-14(15-2)11-7-10-13-8-5-4-6-9-13/h4-6,8-9,14-15H,3,7,10-12H2,1-2H3. The second-order valence-corrected chi connectivity index (χ2v) is 4.02. The van der Waals surface area contributed by atoms with Crippen LogP contribution in [0.3, 0.4) is 0 Å². The average molecular weight is 221 g/mol. The fourth-order valence-electron chi connectivity index (χ4n) is 1.77. The van der Waals surface area contributed by atoms with E-state index in [9.17, 15) is 0 Å². The fourth-order valence-corrected chi connectivity index (χ4v) is 1.77. The van der Waals surface area contributed by atoms with Crippen LogP contribution in [0.15, 0.2) is 30.3 Å². The zero-order chi connectivity index (χ0) is 11.6. The van der Waals surface area contributed by atoms with Gasteiger partial charge in [0.2, 0.25) is 0 Å². The van der Waals surface area contributed by atoms with Gasteiger partial charge in [0.25, 0.3) is 0 Å². The first-order valence-corrected chi connectivity index (χ1v) is 6.15. The number of nitrogens with one attached hydrogen (secondary N) is 1. The highest BCUT2D eigenvalue weighted by Crippen LogP contribution is 2.06. The predicted molar refractivity (Wildman–Crippen MR) is 68.7 cm³/mol. The Morgan fingerprint density at radius 3 is 2.62 bits per heavy atom. The highest BCUT2D eigenvalue weighted by Gasteiger charge is 2.05. The van der Waals surface area contributed by atoms with Crippen LogP contribution < -0.4 is 5.32 Å². The molecule has 1 rings (SSSR count). The van der Waals surface area contributed by atoms with Crippen molar-refractivity contribution in [2.45, 2.75) is 32.2 Å². The summed E-state index contributed by atoms with van der Waals surface area (Å²) in [6.45, 7) is 3.66. The number of likely N-dealkylation sites (N-methyl/N-ethyl adjacent to an activating group) is 1. The average Bonchev–Trinajstić information content (AvgIpc) is 2.35. The Bertz CT molecular complexity index is 261. The molecule has 0 bridgehead atoms. The minimum Gasteiger partial charge on any atom is -0.380 e. The highest BCUT2D eigenvalue weighted by atomic mass is 16.5. The molecule has 1 aromatic rings. The topological polar surface area (TPSA) is 21.3 Å². The Kier molecular flexibility index (Phi) is 6.86. The van der Waals surface area contributed by atoms with E-state index in [0.717, 1.165) is 19.6 Å². The molecule has 0 fully saturated rings. The Hall–Kier alpha value is -0.860. The molecule has 0 radical (unpaired) electrons. The quantitative estimate of drug-likeness (QED) is 0.728. The van der Waals surface area contributed by atoms with Gasteiger partial charge in [0.05, 0.1) is 6.61 Å². The molecule has 1 N–H and O–H groups in total. The van der Waals surface area contributed by atoms with E-state index in [-0.39, 0.29) is 0 Å². The first-order valence-electron chi connectivity index (χ1n) is 6.15. The van der Waals surface area contributed by atoms with Gasteiger partial charge >= 0.3 is 0 Å². The zero-order valence-electron chi connectivity index (χ0n) is 10.4. The lowest BCUT2D eigenvalue weighted by Gasteiger charge is -2.15. The van der Waals surface area contributed by atoms with Crippen molar-refractivity contribution in [2.75, 3.05) is 20.3 Å². The maximum Gasteiger partial charge on any atom is 0.0619 e. The van der Waals surface area contributed by atoms with Crippen molar-refractivity contribution in [3.8, 4) is 0 Å². The lowest BCUT2D eigenvalue weighted by molar-refractivity contribution is 0.122. The summed E-state index contributed by atoms with van der Waals surface area (Å²) in [6.07, 6.45) is 3.54. The molecule has 0 amide bonds. The van der Waals surface area contributed by atoms with Crippen molar-refractivity contribution >= 4 is 0 Å². The molecule has 0 aliphatic heterocycles. The van der Waals surface area contributed by atoms with Crippen molar-refractivity contribution in [3.63, 3.8) is 0 Å². The predicted octanol–water partition coefficient (Wildman–Crippen LogP) is 2.63. The lowest BCUT2D eigenvalue weighted by atomic mass is 10.1. The molecular weight excluding hydrogens is 198 g/mol. The van der Waals surface area contributed by atoms with Crippen molar-refractivity contribution in [1.29, 1.82) is 0 Å². The summed E-state index contributed by atoms with van der Waals surface area (Å²) < 4.78 is 5.43. The van der Waals surface area contributed by atoms with Gasteiger partial charge in [0.1, 0.15) is 0 Å². The van der Waals surface area contributed by atoms with Crippen LogP contribution in [0.5, 0.6) is 0 Å². The molecular formula is C14H23NO. The normalized spacial score (nSPS) is 12.6. The van der Waals surface area contributed by atoms with E-state index in [1.165, 1.54) is 18.4 Å². The van der Waals surface area contributed by atoms with Crippen molar-refractivity contribution in [2.24, 2.45) is 0 Å². The molecule has 16 heavy (non-hydrogen) atoms. The number of hydrogen-bond acceptors (Lipinski definition) is 2. The summed E-state index contributed by atoms with van der Waals surface area (Å²) in [4.78, 5) is 0. The third kappa shape index (κ3) is 5.29. The third-order valence-electron chi connectivity index (χ3n) is 2.79. The molecule has 0 aliphatic carbocycles. The van der Waals surface area contributed by atoms with E-state index in [1.807, 2.05) is 14.0 Å². The number of benzene rings is 1. The van der Waals surface area contributed by atoms with Gasteiger partial charge in [-0.05, 0) is 38.8 Å². The lowest BCUT2D eigenvalue weighted by Crippen LogP contribution is -2.30. The highest BCUT2D eigenvalue weighted by molar-refractivity contribution is 5.14. The second kappa shape index (κ2) is 8.31. The molecule has 0 saturated carbocycles. The summed E-state index contributed by atoms with van der Waals surface area (Å²) in [5, 5.41) is 3.30. The van der Waals surface area contributed by atoms with Crippen LogP contribution in [0.2, 0.25) is 0 Å². The third-order valence-corrected chi connectivity index (χ3v) is 2.79. The van der Waals surface area contributed by atoms with Gasteiger partial charge in [-0.3, -0.25) is 0 Å². The van der Waals surface area contributed by atoms with Crippen LogP contribution in [-0.4, -0.2) is 26.3 Å². The molecule has 1 aromatic carbocycles. The molecule has 0 aliphatic rings. The summed E-state index contributed by atoms with van der Waals surface area (Å²) in [5.41, 5.74) is 1.42. The Morgan fingerprint density at radius 1 is 1.25 bits per heavy atom. The SMILES string of the molecule is CCOCC(CCCc1ccccc1)NC.